The molecular formula is C18H27N3O4. The lowest BCUT2D eigenvalue weighted by Gasteiger charge is -2.35. The molecule has 2 atom stereocenters. The summed E-state index contributed by atoms with van der Waals surface area (Å²) < 4.78 is 10.8. The van der Waals surface area contributed by atoms with Crippen LogP contribution in [0.1, 0.15) is 13.8 Å². The number of carbonyl (C=O) groups is 2. The van der Waals surface area contributed by atoms with Crippen molar-refractivity contribution in [3.05, 3.63) is 24.3 Å². The van der Waals surface area contributed by atoms with E-state index in [1.807, 2.05) is 13.8 Å². The van der Waals surface area contributed by atoms with E-state index >= 15 is 0 Å². The van der Waals surface area contributed by atoms with Crippen molar-refractivity contribution in [3.63, 3.8) is 0 Å². The van der Waals surface area contributed by atoms with Gasteiger partial charge in [-0.25, -0.2) is 0 Å². The van der Waals surface area contributed by atoms with Gasteiger partial charge in [-0.05, 0) is 26.0 Å². The van der Waals surface area contributed by atoms with Crippen LogP contribution in [0.15, 0.2) is 24.3 Å². The van der Waals surface area contributed by atoms with Crippen LogP contribution in [0.2, 0.25) is 0 Å². The Morgan fingerprint density at radius 2 is 2.00 bits per heavy atom. The highest BCUT2D eigenvalue weighted by molar-refractivity contribution is 5.94. The van der Waals surface area contributed by atoms with Gasteiger partial charge in [-0.3, -0.25) is 14.5 Å². The minimum Gasteiger partial charge on any atom is -0.497 e. The molecule has 0 bridgehead atoms. The Kier molecular flexibility index (Phi) is 6.78. The van der Waals surface area contributed by atoms with E-state index in [1.165, 1.54) is 4.90 Å². The molecule has 0 radical (unpaired) electrons. The zero-order chi connectivity index (χ0) is 18.4. The Bertz CT molecular complexity index is 598. The van der Waals surface area contributed by atoms with Crippen molar-refractivity contribution < 1.29 is 19.1 Å². The summed E-state index contributed by atoms with van der Waals surface area (Å²) in [6, 6.07) is 7.11. The monoisotopic (exact) mass is 349 g/mol. The lowest BCUT2D eigenvalue weighted by atomic mass is 10.2. The third-order valence-corrected chi connectivity index (χ3v) is 4.01. The van der Waals surface area contributed by atoms with Crippen molar-refractivity contribution >= 4 is 17.5 Å². The quantitative estimate of drug-likeness (QED) is 0.836. The Morgan fingerprint density at radius 1 is 1.32 bits per heavy atom. The number of benzene rings is 1. The Morgan fingerprint density at radius 3 is 2.64 bits per heavy atom. The zero-order valence-corrected chi connectivity index (χ0v) is 15.3. The number of ether oxygens (including phenoxy) is 2. The molecule has 1 heterocycles. The highest BCUT2D eigenvalue weighted by Crippen LogP contribution is 2.16. The normalized spacial score (nSPS) is 20.8. The summed E-state index contributed by atoms with van der Waals surface area (Å²) in [4.78, 5) is 28.0. The first-order chi connectivity index (χ1) is 11.9. The largest absolute Gasteiger partial charge is 0.497 e. The highest BCUT2D eigenvalue weighted by Gasteiger charge is 2.25. The SMILES string of the molecule is COc1cccc(NC(=O)CN(C)C(=O)CN2C[C@@H](C)O[C@@H](C)C2)c1. The van der Waals surface area contributed by atoms with Crippen LogP contribution in [0.5, 0.6) is 5.75 Å². The second kappa shape index (κ2) is 8.82. The zero-order valence-electron chi connectivity index (χ0n) is 15.3. The molecule has 25 heavy (non-hydrogen) atoms. The average Bonchev–Trinajstić information content (AvgIpc) is 2.53. The maximum atomic E-state index is 12.4. The van der Waals surface area contributed by atoms with Crippen LogP contribution in [0.25, 0.3) is 0 Å². The van der Waals surface area contributed by atoms with Crippen molar-refractivity contribution in [2.45, 2.75) is 26.1 Å². The van der Waals surface area contributed by atoms with E-state index in [-0.39, 0.29) is 30.6 Å². The second-order valence-corrected chi connectivity index (χ2v) is 6.48. The Labute approximate surface area is 148 Å². The van der Waals surface area contributed by atoms with Gasteiger partial charge < -0.3 is 19.7 Å². The van der Waals surface area contributed by atoms with Crippen LogP contribution in [-0.2, 0) is 14.3 Å². The third-order valence-electron chi connectivity index (χ3n) is 4.01. The molecule has 1 aliphatic rings. The lowest BCUT2D eigenvalue weighted by Crippen LogP contribution is -2.50. The molecular weight excluding hydrogens is 322 g/mol. The first-order valence-electron chi connectivity index (χ1n) is 8.43. The highest BCUT2D eigenvalue weighted by atomic mass is 16.5. The van der Waals surface area contributed by atoms with E-state index in [0.717, 1.165) is 13.1 Å². The first kappa shape index (κ1) is 19.2. The predicted molar refractivity (Wildman–Crippen MR) is 95.7 cm³/mol. The van der Waals surface area contributed by atoms with Crippen molar-refractivity contribution in [1.82, 2.24) is 9.80 Å². The number of hydrogen-bond acceptors (Lipinski definition) is 5. The number of amides is 2. The van der Waals surface area contributed by atoms with E-state index in [9.17, 15) is 9.59 Å². The number of methoxy groups -OCH3 is 1. The van der Waals surface area contributed by atoms with Gasteiger partial charge in [0, 0.05) is 31.9 Å². The Balaban J connectivity index is 1.82. The van der Waals surface area contributed by atoms with Crippen LogP contribution in [0, 0.1) is 0 Å². The van der Waals surface area contributed by atoms with Gasteiger partial charge >= 0.3 is 0 Å². The molecule has 1 aromatic carbocycles. The van der Waals surface area contributed by atoms with Crippen LogP contribution in [-0.4, -0.2) is 74.2 Å². The number of carbonyl (C=O) groups excluding carboxylic acids is 2. The molecule has 0 unspecified atom stereocenters. The van der Waals surface area contributed by atoms with Crippen molar-refractivity contribution in [3.8, 4) is 5.75 Å². The molecule has 0 aromatic heterocycles. The van der Waals surface area contributed by atoms with Crippen molar-refractivity contribution in [1.29, 1.82) is 0 Å². The van der Waals surface area contributed by atoms with Gasteiger partial charge in [-0.15, -0.1) is 0 Å². The Hall–Kier alpha value is -2.12. The van der Waals surface area contributed by atoms with E-state index in [0.29, 0.717) is 18.0 Å². The van der Waals surface area contributed by atoms with E-state index in [4.69, 9.17) is 9.47 Å². The van der Waals surface area contributed by atoms with E-state index < -0.39 is 0 Å². The third kappa shape index (κ3) is 6.03. The van der Waals surface area contributed by atoms with Crippen LogP contribution in [0.3, 0.4) is 0 Å². The fourth-order valence-corrected chi connectivity index (χ4v) is 2.93. The number of likely N-dealkylation sites (N-methyl/N-ethyl adjacent to an activating group) is 1. The molecule has 7 nitrogen and oxygen atoms in total. The molecule has 1 saturated heterocycles. The molecule has 1 N–H and O–H groups in total. The molecule has 0 saturated carbocycles. The fraction of sp³-hybridized carbons (Fsp3) is 0.556. The van der Waals surface area contributed by atoms with Gasteiger partial charge in [0.2, 0.25) is 11.8 Å². The maximum Gasteiger partial charge on any atom is 0.243 e. The van der Waals surface area contributed by atoms with Gasteiger partial charge in [0.05, 0.1) is 32.4 Å². The molecule has 2 amide bonds. The summed E-state index contributed by atoms with van der Waals surface area (Å²) in [5.74, 6) is 0.340. The summed E-state index contributed by atoms with van der Waals surface area (Å²) in [5, 5.41) is 2.77. The molecule has 7 heteroatoms. The molecule has 0 aliphatic carbocycles. The number of nitrogens with one attached hydrogen (secondary N) is 1. The summed E-state index contributed by atoms with van der Waals surface area (Å²) in [5.41, 5.74) is 0.640. The molecule has 1 aliphatic heterocycles. The maximum absolute atomic E-state index is 12.4. The fourth-order valence-electron chi connectivity index (χ4n) is 2.93. The van der Waals surface area contributed by atoms with Crippen molar-refractivity contribution in [2.24, 2.45) is 0 Å². The average molecular weight is 349 g/mol. The lowest BCUT2D eigenvalue weighted by molar-refractivity contribution is -0.137. The molecule has 1 aromatic rings. The first-order valence-corrected chi connectivity index (χ1v) is 8.43. The molecule has 138 valence electrons. The standard InChI is InChI=1S/C18H27N3O4/c1-13-9-21(10-14(2)25-13)12-18(23)20(3)11-17(22)19-15-6-5-7-16(8-15)24-4/h5-8,13-14H,9-12H2,1-4H3,(H,19,22)/t13-,14+. The summed E-state index contributed by atoms with van der Waals surface area (Å²) >= 11 is 0. The van der Waals surface area contributed by atoms with Crippen LogP contribution >= 0.6 is 0 Å². The number of anilines is 1. The van der Waals surface area contributed by atoms with Gasteiger partial charge in [-0.2, -0.15) is 0 Å². The van der Waals surface area contributed by atoms with Crippen LogP contribution in [0.4, 0.5) is 5.69 Å². The topological polar surface area (TPSA) is 71.1 Å². The van der Waals surface area contributed by atoms with E-state index in [1.54, 1.807) is 38.4 Å². The smallest absolute Gasteiger partial charge is 0.243 e. The van der Waals surface area contributed by atoms with E-state index in [2.05, 4.69) is 10.2 Å². The minimum absolute atomic E-state index is 0.00545. The number of morpholine rings is 1. The second-order valence-electron chi connectivity index (χ2n) is 6.48. The van der Waals surface area contributed by atoms with Crippen molar-refractivity contribution in [2.75, 3.05) is 45.7 Å². The van der Waals surface area contributed by atoms with Gasteiger partial charge in [0.15, 0.2) is 0 Å². The molecule has 1 fully saturated rings. The summed E-state index contributed by atoms with van der Waals surface area (Å²) in [7, 11) is 3.21. The number of hydrogen-bond donors (Lipinski definition) is 1. The van der Waals surface area contributed by atoms with Gasteiger partial charge in [0.25, 0.3) is 0 Å². The minimum atomic E-state index is -0.243. The number of nitrogens with zero attached hydrogens (tertiary/aromatic N) is 2. The molecule has 0 spiro atoms. The summed E-state index contributed by atoms with van der Waals surface area (Å²) in [6.45, 7) is 5.74. The number of rotatable bonds is 6. The van der Waals surface area contributed by atoms with Gasteiger partial charge in [-0.1, -0.05) is 6.07 Å². The van der Waals surface area contributed by atoms with Crippen LogP contribution < -0.4 is 10.1 Å². The summed E-state index contributed by atoms with van der Waals surface area (Å²) in [6.07, 6.45) is 0.219. The predicted octanol–water partition coefficient (Wildman–Crippen LogP) is 1.20. The molecule has 2 rings (SSSR count). The van der Waals surface area contributed by atoms with Gasteiger partial charge in [0.1, 0.15) is 5.75 Å².